The van der Waals surface area contributed by atoms with E-state index in [1.165, 1.54) is 11.3 Å². The number of rotatable bonds is 5. The summed E-state index contributed by atoms with van der Waals surface area (Å²) in [5.41, 5.74) is 0.376. The van der Waals surface area contributed by atoms with Crippen molar-refractivity contribution in [3.05, 3.63) is 5.51 Å². The van der Waals surface area contributed by atoms with Crippen LogP contribution in [0.4, 0.5) is 5.13 Å². The van der Waals surface area contributed by atoms with Crippen molar-refractivity contribution in [3.63, 3.8) is 0 Å². The summed E-state index contributed by atoms with van der Waals surface area (Å²) in [6, 6.07) is 0. The number of carbonyl (C=O) groups excluding carboxylic acids is 1. The van der Waals surface area contributed by atoms with E-state index in [1.54, 1.807) is 5.51 Å². The maximum Gasteiger partial charge on any atom is 0.246 e. The number of piperidine rings is 1. The molecule has 2 saturated heterocycles. The molecule has 2 atom stereocenters. The smallest absolute Gasteiger partial charge is 0.246 e. The number of aliphatic hydroxyl groups excluding tert-OH is 1. The van der Waals surface area contributed by atoms with Gasteiger partial charge in [0.2, 0.25) is 11.0 Å². The first-order chi connectivity index (χ1) is 12.0. The van der Waals surface area contributed by atoms with Gasteiger partial charge in [-0.25, -0.2) is 0 Å². The van der Waals surface area contributed by atoms with E-state index >= 15 is 0 Å². The molecule has 1 aromatic heterocycles. The van der Waals surface area contributed by atoms with Gasteiger partial charge in [-0.05, 0) is 33.1 Å². The Kier molecular flexibility index (Phi) is 5.57. The summed E-state index contributed by atoms with van der Waals surface area (Å²) in [6.45, 7) is 6.24. The third-order valence-electron chi connectivity index (χ3n) is 5.20. The van der Waals surface area contributed by atoms with Crippen molar-refractivity contribution in [2.45, 2.75) is 50.4 Å². The molecule has 0 unspecified atom stereocenters. The number of ether oxygens (including phenoxy) is 2. The van der Waals surface area contributed by atoms with Gasteiger partial charge in [-0.2, -0.15) is 0 Å². The summed E-state index contributed by atoms with van der Waals surface area (Å²) in [7, 11) is 0. The van der Waals surface area contributed by atoms with Crippen molar-refractivity contribution in [1.29, 1.82) is 0 Å². The standard InChI is InChI=1S/C16H26N4O4S/c1-3-23-10-12(21)18-15(2)6-9-24-16(13(15)22)4-7-20(8-5-16)14-19-17-11-25-14/h11,13,22H,3-10H2,1-2H3,(H,18,21)/t13-,15+/m1/s1. The summed E-state index contributed by atoms with van der Waals surface area (Å²) < 4.78 is 11.2. The second-order valence-corrected chi connectivity index (χ2v) is 7.69. The molecule has 3 rings (SSSR count). The van der Waals surface area contributed by atoms with E-state index in [4.69, 9.17) is 9.47 Å². The van der Waals surface area contributed by atoms with Gasteiger partial charge < -0.3 is 24.8 Å². The topological polar surface area (TPSA) is 96.8 Å². The lowest BCUT2D eigenvalue weighted by atomic mass is 9.73. The number of nitrogens with one attached hydrogen (secondary N) is 1. The first-order valence-electron chi connectivity index (χ1n) is 8.71. The Morgan fingerprint density at radius 1 is 1.52 bits per heavy atom. The molecule has 25 heavy (non-hydrogen) atoms. The lowest BCUT2D eigenvalue weighted by Crippen LogP contribution is -2.69. The fourth-order valence-corrected chi connectivity index (χ4v) is 4.36. The third kappa shape index (κ3) is 3.79. The minimum Gasteiger partial charge on any atom is -0.388 e. The highest BCUT2D eigenvalue weighted by molar-refractivity contribution is 7.13. The molecule has 9 heteroatoms. The number of nitrogens with zero attached hydrogens (tertiary/aromatic N) is 3. The van der Waals surface area contributed by atoms with Crippen LogP contribution in [0.25, 0.3) is 0 Å². The molecule has 0 radical (unpaired) electrons. The van der Waals surface area contributed by atoms with Gasteiger partial charge in [0.15, 0.2) is 0 Å². The number of carbonyl (C=O) groups is 1. The maximum atomic E-state index is 12.1. The highest BCUT2D eigenvalue weighted by Gasteiger charge is 2.53. The first kappa shape index (κ1) is 18.5. The van der Waals surface area contributed by atoms with Crippen LogP contribution < -0.4 is 10.2 Å². The fourth-order valence-electron chi connectivity index (χ4n) is 3.74. The number of hydrogen-bond acceptors (Lipinski definition) is 8. The van der Waals surface area contributed by atoms with Crippen molar-refractivity contribution in [3.8, 4) is 0 Å². The molecule has 2 aliphatic heterocycles. The molecule has 1 amide bonds. The Labute approximate surface area is 151 Å². The van der Waals surface area contributed by atoms with Crippen LogP contribution in [0.15, 0.2) is 5.51 Å². The van der Waals surface area contributed by atoms with Crippen LogP contribution in [0.1, 0.15) is 33.1 Å². The Balaban J connectivity index is 1.65. The Morgan fingerprint density at radius 2 is 2.28 bits per heavy atom. The second-order valence-electron chi connectivity index (χ2n) is 6.88. The molecule has 0 saturated carbocycles. The zero-order valence-corrected chi connectivity index (χ0v) is 15.5. The predicted molar refractivity (Wildman–Crippen MR) is 93.7 cm³/mol. The second kappa shape index (κ2) is 7.53. The van der Waals surface area contributed by atoms with Gasteiger partial charge in [-0.1, -0.05) is 11.3 Å². The van der Waals surface area contributed by atoms with Gasteiger partial charge in [0.05, 0.1) is 11.1 Å². The van der Waals surface area contributed by atoms with Gasteiger partial charge in [0.25, 0.3) is 0 Å². The van der Waals surface area contributed by atoms with Crippen molar-refractivity contribution < 1.29 is 19.4 Å². The average molecular weight is 370 g/mol. The average Bonchev–Trinajstić information content (AvgIpc) is 3.13. The van der Waals surface area contributed by atoms with Crippen LogP contribution in [-0.2, 0) is 14.3 Å². The Hall–Kier alpha value is -1.29. The minimum absolute atomic E-state index is 0.0114. The van der Waals surface area contributed by atoms with Crippen LogP contribution in [0.2, 0.25) is 0 Å². The maximum absolute atomic E-state index is 12.1. The van der Waals surface area contributed by atoms with Gasteiger partial charge in [-0.15, -0.1) is 10.2 Å². The summed E-state index contributed by atoms with van der Waals surface area (Å²) >= 11 is 1.51. The monoisotopic (exact) mass is 370 g/mol. The highest BCUT2D eigenvalue weighted by atomic mass is 32.1. The summed E-state index contributed by atoms with van der Waals surface area (Å²) in [5.74, 6) is -0.202. The number of aromatic nitrogens is 2. The molecule has 8 nitrogen and oxygen atoms in total. The number of hydrogen-bond donors (Lipinski definition) is 2. The van der Waals surface area contributed by atoms with Crippen molar-refractivity contribution in [2.24, 2.45) is 0 Å². The van der Waals surface area contributed by atoms with Crippen molar-refractivity contribution in [2.75, 3.05) is 37.8 Å². The molecule has 0 aliphatic carbocycles. The van der Waals surface area contributed by atoms with Crippen LogP contribution in [-0.4, -0.2) is 71.4 Å². The van der Waals surface area contributed by atoms with Crippen LogP contribution in [0, 0.1) is 0 Å². The molecule has 0 aromatic carbocycles. The van der Waals surface area contributed by atoms with Gasteiger partial charge in [-0.3, -0.25) is 4.79 Å². The Bertz CT molecular complexity index is 577. The zero-order chi connectivity index (χ0) is 17.9. The molecule has 2 N–H and O–H groups in total. The van der Waals surface area contributed by atoms with E-state index < -0.39 is 17.2 Å². The predicted octanol–water partition coefficient (Wildman–Crippen LogP) is 0.570. The van der Waals surface area contributed by atoms with E-state index in [2.05, 4.69) is 20.4 Å². The summed E-state index contributed by atoms with van der Waals surface area (Å²) in [5, 5.41) is 22.9. The molecule has 2 fully saturated rings. The van der Waals surface area contributed by atoms with Crippen molar-refractivity contribution >= 4 is 22.4 Å². The van der Waals surface area contributed by atoms with Gasteiger partial charge in [0.1, 0.15) is 18.2 Å². The SMILES string of the molecule is CCOCC(=O)N[C@@]1(C)CCOC2(CCN(c3nncs3)CC2)[C@@H]1O. The van der Waals surface area contributed by atoms with Crippen molar-refractivity contribution in [1.82, 2.24) is 15.5 Å². The van der Waals surface area contributed by atoms with E-state index in [-0.39, 0.29) is 12.5 Å². The molecular weight excluding hydrogens is 344 g/mol. The normalized spacial score (nSPS) is 28.9. The van der Waals surface area contributed by atoms with E-state index in [9.17, 15) is 9.90 Å². The zero-order valence-electron chi connectivity index (χ0n) is 14.7. The summed E-state index contributed by atoms with van der Waals surface area (Å²) in [6.07, 6.45) is 1.18. The number of amides is 1. The van der Waals surface area contributed by atoms with E-state index in [0.29, 0.717) is 32.5 Å². The highest BCUT2D eigenvalue weighted by Crippen LogP contribution is 2.40. The first-order valence-corrected chi connectivity index (χ1v) is 9.59. The quantitative estimate of drug-likeness (QED) is 0.782. The number of anilines is 1. The third-order valence-corrected chi connectivity index (χ3v) is 5.95. The van der Waals surface area contributed by atoms with E-state index in [1.807, 2.05) is 13.8 Å². The molecule has 1 aromatic rings. The van der Waals surface area contributed by atoms with Crippen LogP contribution >= 0.6 is 11.3 Å². The molecule has 1 spiro atoms. The largest absolute Gasteiger partial charge is 0.388 e. The Morgan fingerprint density at radius 3 is 2.92 bits per heavy atom. The summed E-state index contributed by atoms with van der Waals surface area (Å²) in [4.78, 5) is 14.3. The van der Waals surface area contributed by atoms with Crippen LogP contribution in [0.5, 0.6) is 0 Å². The lowest BCUT2D eigenvalue weighted by Gasteiger charge is -2.53. The molecule has 2 aliphatic rings. The van der Waals surface area contributed by atoms with Gasteiger partial charge in [0, 0.05) is 26.3 Å². The fraction of sp³-hybridized carbons (Fsp3) is 0.812. The lowest BCUT2D eigenvalue weighted by molar-refractivity contribution is -0.198. The molecule has 0 bridgehead atoms. The molecule has 3 heterocycles. The van der Waals surface area contributed by atoms with E-state index in [0.717, 1.165) is 18.2 Å². The van der Waals surface area contributed by atoms with Gasteiger partial charge >= 0.3 is 0 Å². The number of aliphatic hydroxyl groups is 1. The van der Waals surface area contributed by atoms with Crippen LogP contribution in [0.3, 0.4) is 0 Å². The molecule has 140 valence electrons. The minimum atomic E-state index is -0.768. The molecular formula is C16H26N4O4S.